The molecule has 0 fully saturated rings. The van der Waals surface area contributed by atoms with E-state index in [0.29, 0.717) is 17.3 Å². The van der Waals surface area contributed by atoms with E-state index in [4.69, 9.17) is 9.26 Å². The van der Waals surface area contributed by atoms with Gasteiger partial charge in [0.05, 0.1) is 5.69 Å². The smallest absolute Gasteiger partial charge is 0.446 e. The monoisotopic (exact) mass is 305 g/mol. The molecular formula is C17H11N3O3. The number of fused-ring (bicyclic) bond motifs is 4. The molecule has 5 rings (SSSR count). The van der Waals surface area contributed by atoms with Crippen LogP contribution in [0, 0.1) is 0 Å². The molecule has 2 aromatic heterocycles. The van der Waals surface area contributed by atoms with Crippen LogP contribution in [0.15, 0.2) is 58.0 Å². The molecule has 0 radical (unpaired) electrons. The molecule has 4 aromatic rings. The summed E-state index contributed by atoms with van der Waals surface area (Å²) in [5, 5.41) is 4.90. The van der Waals surface area contributed by atoms with Crippen molar-refractivity contribution < 1.29 is 9.26 Å². The van der Waals surface area contributed by atoms with Gasteiger partial charge in [0.15, 0.2) is 12.4 Å². The summed E-state index contributed by atoms with van der Waals surface area (Å²) in [6, 6.07) is 14.0. The normalized spacial score (nSPS) is 12.7. The minimum atomic E-state index is -0.499. The Labute approximate surface area is 129 Å². The SMILES string of the molecule is O=c1onc2n1-c1cc(-c3ccc4cc[nH]c4c3)ccc1OC2. The highest BCUT2D eigenvalue weighted by Gasteiger charge is 2.22. The topological polar surface area (TPSA) is 73.0 Å². The van der Waals surface area contributed by atoms with E-state index in [1.807, 2.05) is 30.5 Å². The van der Waals surface area contributed by atoms with E-state index in [-0.39, 0.29) is 6.61 Å². The van der Waals surface area contributed by atoms with Gasteiger partial charge in [-0.25, -0.2) is 9.36 Å². The van der Waals surface area contributed by atoms with Crippen LogP contribution >= 0.6 is 0 Å². The van der Waals surface area contributed by atoms with Crippen molar-refractivity contribution in [3.63, 3.8) is 0 Å². The zero-order valence-corrected chi connectivity index (χ0v) is 11.9. The number of H-pyrrole nitrogens is 1. The Morgan fingerprint density at radius 3 is 2.91 bits per heavy atom. The van der Waals surface area contributed by atoms with Crippen LogP contribution in [0.2, 0.25) is 0 Å². The molecule has 1 aliphatic heterocycles. The summed E-state index contributed by atoms with van der Waals surface area (Å²) in [6.07, 6.45) is 1.91. The minimum absolute atomic E-state index is 0.229. The molecule has 0 amide bonds. The molecule has 112 valence electrons. The van der Waals surface area contributed by atoms with Gasteiger partial charge < -0.3 is 9.72 Å². The zero-order chi connectivity index (χ0) is 15.4. The second-order valence-corrected chi connectivity index (χ2v) is 5.45. The van der Waals surface area contributed by atoms with Crippen molar-refractivity contribution >= 4 is 10.9 Å². The number of hydrogen-bond donors (Lipinski definition) is 1. The maximum atomic E-state index is 11.9. The molecule has 0 saturated heterocycles. The van der Waals surface area contributed by atoms with Crippen molar-refractivity contribution in [2.24, 2.45) is 0 Å². The Morgan fingerprint density at radius 1 is 1.09 bits per heavy atom. The first-order valence-electron chi connectivity index (χ1n) is 7.22. The van der Waals surface area contributed by atoms with E-state index in [1.54, 1.807) is 0 Å². The molecule has 1 aliphatic rings. The summed E-state index contributed by atoms with van der Waals surface area (Å²) in [5.74, 6) is 0.619. The molecule has 2 aromatic carbocycles. The molecule has 0 aliphatic carbocycles. The van der Waals surface area contributed by atoms with Gasteiger partial charge in [0, 0.05) is 11.7 Å². The summed E-state index contributed by atoms with van der Waals surface area (Å²) in [7, 11) is 0. The largest absolute Gasteiger partial charge is 0.483 e. The number of rotatable bonds is 1. The van der Waals surface area contributed by atoms with E-state index in [2.05, 4.69) is 28.3 Å². The highest BCUT2D eigenvalue weighted by molar-refractivity contribution is 5.85. The molecule has 6 nitrogen and oxygen atoms in total. The number of aromatic amines is 1. The summed E-state index contributed by atoms with van der Waals surface area (Å²) < 4.78 is 11.8. The fourth-order valence-electron chi connectivity index (χ4n) is 2.97. The third-order valence-electron chi connectivity index (χ3n) is 4.11. The van der Waals surface area contributed by atoms with E-state index < -0.39 is 5.76 Å². The van der Waals surface area contributed by atoms with Crippen LogP contribution in [-0.2, 0) is 6.61 Å². The van der Waals surface area contributed by atoms with E-state index in [1.165, 1.54) is 4.57 Å². The molecule has 6 heteroatoms. The lowest BCUT2D eigenvalue weighted by Crippen LogP contribution is -2.21. The van der Waals surface area contributed by atoms with Crippen molar-refractivity contribution in [3.8, 4) is 22.6 Å². The van der Waals surface area contributed by atoms with Crippen LogP contribution < -0.4 is 10.5 Å². The van der Waals surface area contributed by atoms with Gasteiger partial charge in [-0.3, -0.25) is 4.52 Å². The molecule has 0 atom stereocenters. The standard InChI is InChI=1S/C17H11N3O3/c21-17-20-14-8-12(3-4-15(14)22-9-16(20)19-23-17)11-2-1-10-5-6-18-13(10)7-11/h1-8,18H,9H2. The molecule has 0 unspecified atom stereocenters. The van der Waals surface area contributed by atoms with Gasteiger partial charge in [0.25, 0.3) is 0 Å². The average Bonchev–Trinajstić information content (AvgIpc) is 3.20. The molecular weight excluding hydrogens is 294 g/mol. The fourth-order valence-corrected chi connectivity index (χ4v) is 2.97. The van der Waals surface area contributed by atoms with Gasteiger partial charge >= 0.3 is 5.76 Å². The van der Waals surface area contributed by atoms with Crippen LogP contribution in [0.25, 0.3) is 27.7 Å². The van der Waals surface area contributed by atoms with Crippen LogP contribution in [0.4, 0.5) is 0 Å². The van der Waals surface area contributed by atoms with E-state index in [0.717, 1.165) is 22.0 Å². The minimum Gasteiger partial charge on any atom is -0.483 e. The highest BCUT2D eigenvalue weighted by Crippen LogP contribution is 2.33. The Bertz CT molecular complexity index is 1100. The highest BCUT2D eigenvalue weighted by atomic mass is 16.5. The number of nitrogens with one attached hydrogen (secondary N) is 1. The molecule has 1 N–H and O–H groups in total. The van der Waals surface area contributed by atoms with Gasteiger partial charge in [-0.1, -0.05) is 23.4 Å². The first-order chi connectivity index (χ1) is 11.3. The molecule has 0 bridgehead atoms. The number of ether oxygens (including phenoxy) is 1. The summed E-state index contributed by atoms with van der Waals surface area (Å²) in [5.41, 5.74) is 3.77. The van der Waals surface area contributed by atoms with E-state index in [9.17, 15) is 4.79 Å². The Hall–Kier alpha value is -3.28. The summed E-state index contributed by atoms with van der Waals surface area (Å²) >= 11 is 0. The fraction of sp³-hybridized carbons (Fsp3) is 0.0588. The second kappa shape index (κ2) is 4.36. The van der Waals surface area contributed by atoms with Crippen LogP contribution in [0.1, 0.15) is 5.82 Å². The van der Waals surface area contributed by atoms with Crippen LogP contribution in [0.5, 0.6) is 5.75 Å². The predicted molar refractivity (Wildman–Crippen MR) is 83.7 cm³/mol. The molecule has 0 saturated carbocycles. The van der Waals surface area contributed by atoms with Crippen molar-refractivity contribution in [1.29, 1.82) is 0 Å². The number of nitrogens with zero attached hydrogens (tertiary/aromatic N) is 2. The summed E-state index contributed by atoms with van der Waals surface area (Å²) in [6.45, 7) is 0.229. The van der Waals surface area contributed by atoms with Gasteiger partial charge in [-0.2, -0.15) is 0 Å². The number of hydrogen-bond acceptors (Lipinski definition) is 4. The molecule has 23 heavy (non-hydrogen) atoms. The van der Waals surface area contributed by atoms with Crippen molar-refractivity contribution in [1.82, 2.24) is 14.7 Å². The maximum absolute atomic E-state index is 11.9. The number of benzene rings is 2. The van der Waals surface area contributed by atoms with E-state index >= 15 is 0 Å². The number of aromatic nitrogens is 3. The maximum Gasteiger partial charge on any atom is 0.446 e. The third kappa shape index (κ3) is 1.75. The Morgan fingerprint density at radius 2 is 1.96 bits per heavy atom. The lowest BCUT2D eigenvalue weighted by molar-refractivity contribution is 0.274. The summed E-state index contributed by atoms with van der Waals surface area (Å²) in [4.78, 5) is 15.1. The lowest BCUT2D eigenvalue weighted by atomic mass is 10.0. The predicted octanol–water partition coefficient (Wildman–Crippen LogP) is 2.87. The Kier molecular flexibility index (Phi) is 2.33. The quantitative estimate of drug-likeness (QED) is 0.587. The van der Waals surface area contributed by atoms with Crippen molar-refractivity contribution in [3.05, 3.63) is 65.0 Å². The average molecular weight is 305 g/mol. The van der Waals surface area contributed by atoms with Gasteiger partial charge in [0.2, 0.25) is 0 Å². The van der Waals surface area contributed by atoms with Crippen LogP contribution in [-0.4, -0.2) is 14.7 Å². The second-order valence-electron chi connectivity index (χ2n) is 5.45. The van der Waals surface area contributed by atoms with Crippen molar-refractivity contribution in [2.75, 3.05) is 0 Å². The first-order valence-corrected chi connectivity index (χ1v) is 7.22. The zero-order valence-electron chi connectivity index (χ0n) is 11.9. The van der Waals surface area contributed by atoms with Gasteiger partial charge in [-0.15, -0.1) is 0 Å². The van der Waals surface area contributed by atoms with Crippen molar-refractivity contribution in [2.45, 2.75) is 6.61 Å². The molecule has 3 heterocycles. The Balaban J connectivity index is 1.71. The van der Waals surface area contributed by atoms with Gasteiger partial charge in [0.1, 0.15) is 5.75 Å². The lowest BCUT2D eigenvalue weighted by Gasteiger charge is -2.18. The third-order valence-corrected chi connectivity index (χ3v) is 4.11. The molecule has 0 spiro atoms. The van der Waals surface area contributed by atoms with Gasteiger partial charge in [-0.05, 0) is 40.8 Å². The van der Waals surface area contributed by atoms with Crippen LogP contribution in [0.3, 0.4) is 0 Å². The first kappa shape index (κ1) is 12.3.